The first-order valence-corrected chi connectivity index (χ1v) is 15.8. The van der Waals surface area contributed by atoms with E-state index in [2.05, 4.69) is 58.2 Å². The summed E-state index contributed by atoms with van der Waals surface area (Å²) in [4.78, 5) is 29.5. The van der Waals surface area contributed by atoms with Crippen LogP contribution in [0.4, 0.5) is 33.6 Å². The molecule has 0 aliphatic carbocycles. The molecule has 46 heavy (non-hydrogen) atoms. The Balaban J connectivity index is 1.25. The Bertz CT molecular complexity index is 1750. The van der Waals surface area contributed by atoms with Gasteiger partial charge in [0.25, 0.3) is 0 Å². The Morgan fingerprint density at radius 1 is 0.783 bits per heavy atom. The van der Waals surface area contributed by atoms with Crippen LogP contribution in [0.2, 0.25) is 0 Å². The molecule has 8 heteroatoms. The fourth-order valence-electron chi connectivity index (χ4n) is 5.77. The number of amides is 1. The molecule has 234 valence electrons. The molecular weight excluding hydrogens is 572 g/mol. The molecule has 1 amide bonds. The number of carbonyl (C=O) groups is 1. The lowest BCUT2D eigenvalue weighted by molar-refractivity contribution is 0.209. The van der Waals surface area contributed by atoms with Crippen molar-refractivity contribution >= 4 is 34.9 Å². The van der Waals surface area contributed by atoms with Gasteiger partial charge in [0, 0.05) is 55.9 Å². The number of ether oxygens (including phenoxy) is 1. The number of aryl methyl sites for hydroxylation is 2. The first-order valence-electron chi connectivity index (χ1n) is 15.8. The largest absolute Gasteiger partial charge is 0.425 e. The van der Waals surface area contributed by atoms with Crippen LogP contribution in [0, 0.1) is 13.8 Å². The fraction of sp³-hybridized carbons (Fsp3) is 0.237. The average molecular weight is 613 g/mol. The second kappa shape index (κ2) is 13.8. The molecule has 1 N–H and O–H groups in total. The number of hydrogen-bond donors (Lipinski definition) is 1. The third kappa shape index (κ3) is 7.03. The van der Waals surface area contributed by atoms with Gasteiger partial charge in [-0.2, -0.15) is 4.98 Å². The summed E-state index contributed by atoms with van der Waals surface area (Å²) in [6.45, 7) is 12.5. The summed E-state index contributed by atoms with van der Waals surface area (Å²) in [6, 6.07) is 34.3. The van der Waals surface area contributed by atoms with Crippen molar-refractivity contribution in [3.63, 3.8) is 0 Å². The summed E-state index contributed by atoms with van der Waals surface area (Å²) < 4.78 is 6.01. The summed E-state index contributed by atoms with van der Waals surface area (Å²) in [5.74, 6) is 1.30. The number of carbonyl (C=O) groups excluding carboxylic acids is 1. The maximum atomic E-state index is 13.9. The molecule has 0 spiro atoms. The first kappa shape index (κ1) is 30.8. The van der Waals surface area contributed by atoms with Gasteiger partial charge in [0.1, 0.15) is 11.6 Å². The van der Waals surface area contributed by atoms with E-state index in [4.69, 9.17) is 9.72 Å². The molecule has 6 rings (SSSR count). The van der Waals surface area contributed by atoms with Gasteiger partial charge in [-0.3, -0.25) is 4.90 Å². The van der Waals surface area contributed by atoms with E-state index < -0.39 is 6.09 Å². The Morgan fingerprint density at radius 2 is 1.43 bits per heavy atom. The molecule has 0 radical (unpaired) electrons. The highest BCUT2D eigenvalue weighted by molar-refractivity contribution is 5.96. The minimum absolute atomic E-state index is 0.376. The number of nitrogens with zero attached hydrogens (tertiary/aromatic N) is 5. The average Bonchev–Trinajstić information content (AvgIpc) is 3.08. The zero-order valence-electron chi connectivity index (χ0n) is 26.9. The molecule has 0 saturated carbocycles. The lowest BCUT2D eigenvalue weighted by Crippen LogP contribution is -2.48. The third-order valence-corrected chi connectivity index (χ3v) is 8.42. The maximum Gasteiger partial charge on any atom is 0.425 e. The highest BCUT2D eigenvalue weighted by Crippen LogP contribution is 2.31. The predicted molar refractivity (Wildman–Crippen MR) is 187 cm³/mol. The van der Waals surface area contributed by atoms with Gasteiger partial charge in [0.15, 0.2) is 0 Å². The maximum absolute atomic E-state index is 13.9. The van der Waals surface area contributed by atoms with Crippen LogP contribution in [0.1, 0.15) is 25.0 Å². The number of aromatic nitrogens is 2. The van der Waals surface area contributed by atoms with Crippen molar-refractivity contribution in [2.45, 2.75) is 33.7 Å². The molecule has 0 atom stereocenters. The quantitative estimate of drug-likeness (QED) is 0.189. The van der Waals surface area contributed by atoms with Crippen molar-refractivity contribution in [3.05, 3.63) is 120 Å². The highest BCUT2D eigenvalue weighted by Gasteiger charge is 2.24. The van der Waals surface area contributed by atoms with Crippen LogP contribution in [-0.4, -0.2) is 53.2 Å². The summed E-state index contributed by atoms with van der Waals surface area (Å²) >= 11 is 0. The second-order valence-corrected chi connectivity index (χ2v) is 11.9. The Morgan fingerprint density at radius 3 is 2.09 bits per heavy atom. The Kier molecular flexibility index (Phi) is 9.26. The molecule has 1 aromatic heterocycles. The second-order valence-electron chi connectivity index (χ2n) is 11.9. The van der Waals surface area contributed by atoms with E-state index in [0.717, 1.165) is 54.1 Å². The van der Waals surface area contributed by atoms with Gasteiger partial charge < -0.3 is 15.0 Å². The van der Waals surface area contributed by atoms with E-state index >= 15 is 0 Å². The van der Waals surface area contributed by atoms with E-state index in [9.17, 15) is 4.79 Å². The molecule has 8 nitrogen and oxygen atoms in total. The van der Waals surface area contributed by atoms with Crippen LogP contribution in [0.25, 0.3) is 11.1 Å². The van der Waals surface area contributed by atoms with Gasteiger partial charge >= 0.3 is 6.09 Å². The minimum atomic E-state index is -0.559. The Hall–Kier alpha value is -5.21. The van der Waals surface area contributed by atoms with Gasteiger partial charge in [0.2, 0.25) is 5.95 Å². The molecule has 5 aromatic rings. The summed E-state index contributed by atoms with van der Waals surface area (Å²) in [7, 11) is 0. The molecule has 0 unspecified atom stereocenters. The SMILES string of the molecule is Cc1cccc(C)c1OC(=O)N(c1ccc(-c2ccccc2)cc1)c1ccnc(Nc2ccc(N3CCN(C(C)C)CC3)cc2)n1. The third-order valence-electron chi connectivity index (χ3n) is 8.42. The number of para-hydroxylation sites is 1. The number of nitrogens with one attached hydrogen (secondary N) is 1. The summed E-state index contributed by atoms with van der Waals surface area (Å²) in [5, 5.41) is 3.31. The topological polar surface area (TPSA) is 73.8 Å². The van der Waals surface area contributed by atoms with E-state index in [1.54, 1.807) is 12.3 Å². The molecule has 1 saturated heterocycles. The van der Waals surface area contributed by atoms with Crippen LogP contribution in [0.5, 0.6) is 5.75 Å². The number of anilines is 5. The summed E-state index contributed by atoms with van der Waals surface area (Å²) in [6.07, 6.45) is 1.08. The van der Waals surface area contributed by atoms with Gasteiger partial charge in [-0.25, -0.2) is 14.7 Å². The molecule has 1 fully saturated rings. The zero-order valence-corrected chi connectivity index (χ0v) is 26.9. The van der Waals surface area contributed by atoms with Gasteiger partial charge in [-0.05, 0) is 86.3 Å². The highest BCUT2D eigenvalue weighted by atomic mass is 16.6. The van der Waals surface area contributed by atoms with Crippen LogP contribution >= 0.6 is 0 Å². The van der Waals surface area contributed by atoms with Crippen LogP contribution < -0.4 is 19.9 Å². The van der Waals surface area contributed by atoms with Crippen LogP contribution in [0.15, 0.2) is 109 Å². The van der Waals surface area contributed by atoms with E-state index in [0.29, 0.717) is 29.2 Å². The van der Waals surface area contributed by atoms with Crippen LogP contribution in [-0.2, 0) is 0 Å². The molecule has 1 aliphatic heterocycles. The number of hydrogen-bond acceptors (Lipinski definition) is 7. The Labute approximate surface area is 271 Å². The van der Waals surface area contributed by atoms with Crippen molar-refractivity contribution in [1.29, 1.82) is 0 Å². The minimum Gasteiger partial charge on any atom is -0.409 e. The smallest absolute Gasteiger partial charge is 0.409 e. The standard InChI is InChI=1S/C38H40N6O2/c1-27(2)42-23-25-43(26-24-42)33-19-15-32(16-20-33)40-37-39-22-21-35(41-37)44(38(45)46-36-28(3)9-8-10-29(36)4)34-17-13-31(14-18-34)30-11-6-5-7-12-30/h5-22,27H,23-26H2,1-4H3,(H,39,40,41). The van der Waals surface area contributed by atoms with Crippen molar-refractivity contribution in [3.8, 4) is 16.9 Å². The van der Waals surface area contributed by atoms with E-state index in [1.165, 1.54) is 10.6 Å². The van der Waals surface area contributed by atoms with E-state index in [-0.39, 0.29) is 0 Å². The number of benzene rings is 4. The monoisotopic (exact) mass is 612 g/mol. The molecule has 0 bridgehead atoms. The number of piperazine rings is 1. The summed E-state index contributed by atoms with van der Waals surface area (Å²) in [5.41, 5.74) is 6.58. The van der Waals surface area contributed by atoms with E-state index in [1.807, 2.05) is 86.6 Å². The normalized spacial score (nSPS) is 13.5. The molecule has 4 aromatic carbocycles. The molecular formula is C38H40N6O2. The lowest BCUT2D eigenvalue weighted by Gasteiger charge is -2.38. The predicted octanol–water partition coefficient (Wildman–Crippen LogP) is 8.37. The van der Waals surface area contributed by atoms with Gasteiger partial charge in [0.05, 0.1) is 5.69 Å². The van der Waals surface area contributed by atoms with Crippen molar-refractivity contribution in [2.24, 2.45) is 0 Å². The lowest BCUT2D eigenvalue weighted by atomic mass is 10.1. The van der Waals surface area contributed by atoms with Gasteiger partial charge in [-0.15, -0.1) is 0 Å². The van der Waals surface area contributed by atoms with Gasteiger partial charge in [-0.1, -0.05) is 60.7 Å². The van der Waals surface area contributed by atoms with Crippen molar-refractivity contribution in [2.75, 3.05) is 41.3 Å². The zero-order chi connectivity index (χ0) is 32.0. The first-order chi connectivity index (χ1) is 22.4. The van der Waals surface area contributed by atoms with Crippen molar-refractivity contribution in [1.82, 2.24) is 14.9 Å². The number of rotatable bonds is 8. The fourth-order valence-corrected chi connectivity index (χ4v) is 5.77. The molecule has 1 aliphatic rings. The van der Waals surface area contributed by atoms with Crippen molar-refractivity contribution < 1.29 is 9.53 Å². The van der Waals surface area contributed by atoms with Crippen LogP contribution in [0.3, 0.4) is 0 Å². The molecule has 2 heterocycles.